The van der Waals surface area contributed by atoms with E-state index in [0.717, 1.165) is 38.1 Å². The van der Waals surface area contributed by atoms with Gasteiger partial charge in [-0.15, -0.1) is 0 Å². The number of ether oxygens (including phenoxy) is 1. The van der Waals surface area contributed by atoms with E-state index in [1.165, 1.54) is 5.56 Å². The lowest BCUT2D eigenvalue weighted by Crippen LogP contribution is -2.38. The van der Waals surface area contributed by atoms with Crippen LogP contribution in [0, 0.1) is 5.92 Å². The van der Waals surface area contributed by atoms with Gasteiger partial charge in [0, 0.05) is 28.7 Å². The molecule has 0 radical (unpaired) electrons. The molecule has 0 saturated carbocycles. The number of rotatable bonds is 4. The van der Waals surface area contributed by atoms with Crippen molar-refractivity contribution in [2.24, 2.45) is 5.92 Å². The van der Waals surface area contributed by atoms with Crippen molar-refractivity contribution in [2.45, 2.75) is 19.3 Å². The molecule has 1 aliphatic heterocycles. The molecule has 3 nitrogen and oxygen atoms in total. The second-order valence-corrected chi connectivity index (χ2v) is 7.32. The Kier molecular flexibility index (Phi) is 5.87. The molecule has 2 aromatic rings. The molecule has 3 rings (SSSR count). The zero-order chi connectivity index (χ0) is 17.8. The lowest BCUT2D eigenvalue weighted by Gasteiger charge is -2.32. The Balaban J connectivity index is 1.56. The summed E-state index contributed by atoms with van der Waals surface area (Å²) in [6.07, 6.45) is 3.05. The van der Waals surface area contributed by atoms with E-state index in [1.54, 1.807) is 25.3 Å². The van der Waals surface area contributed by atoms with E-state index in [-0.39, 0.29) is 5.91 Å². The molecule has 0 N–H and O–H groups in total. The van der Waals surface area contributed by atoms with Crippen molar-refractivity contribution in [2.75, 3.05) is 20.2 Å². The van der Waals surface area contributed by atoms with Crippen LogP contribution in [0.25, 0.3) is 0 Å². The molecule has 0 aromatic heterocycles. The Hall–Kier alpha value is -1.71. The number of likely N-dealkylation sites (tertiary alicyclic amines) is 1. The summed E-state index contributed by atoms with van der Waals surface area (Å²) >= 11 is 12.0. The summed E-state index contributed by atoms with van der Waals surface area (Å²) in [4.78, 5) is 14.5. The molecule has 5 heteroatoms. The number of carbonyl (C=O) groups excluding carboxylic acids is 1. The summed E-state index contributed by atoms with van der Waals surface area (Å²) in [6, 6.07) is 13.2. The molecule has 1 fully saturated rings. The maximum atomic E-state index is 12.6. The average Bonchev–Trinajstić information content (AvgIpc) is 2.61. The van der Waals surface area contributed by atoms with Gasteiger partial charge < -0.3 is 9.64 Å². The molecule has 1 aliphatic rings. The number of benzene rings is 2. The van der Waals surface area contributed by atoms with Crippen LogP contribution in [0.1, 0.15) is 28.8 Å². The fraction of sp³-hybridized carbons (Fsp3) is 0.350. The van der Waals surface area contributed by atoms with Crippen molar-refractivity contribution in [3.63, 3.8) is 0 Å². The van der Waals surface area contributed by atoms with Crippen molar-refractivity contribution in [1.29, 1.82) is 0 Å². The third-order valence-electron chi connectivity index (χ3n) is 4.69. The van der Waals surface area contributed by atoms with Gasteiger partial charge >= 0.3 is 0 Å². The van der Waals surface area contributed by atoms with Crippen molar-refractivity contribution in [3.8, 4) is 5.75 Å². The van der Waals surface area contributed by atoms with Gasteiger partial charge in [-0.1, -0.05) is 35.3 Å². The maximum absolute atomic E-state index is 12.6. The van der Waals surface area contributed by atoms with E-state index in [4.69, 9.17) is 27.9 Å². The van der Waals surface area contributed by atoms with Gasteiger partial charge in [-0.3, -0.25) is 4.79 Å². The largest absolute Gasteiger partial charge is 0.497 e. The van der Waals surface area contributed by atoms with Crippen LogP contribution in [-0.2, 0) is 6.42 Å². The Morgan fingerprint density at radius 2 is 1.68 bits per heavy atom. The monoisotopic (exact) mass is 377 g/mol. The molecular weight excluding hydrogens is 357 g/mol. The van der Waals surface area contributed by atoms with Crippen molar-refractivity contribution >= 4 is 29.1 Å². The Labute approximate surface area is 158 Å². The molecule has 0 unspecified atom stereocenters. The summed E-state index contributed by atoms with van der Waals surface area (Å²) in [5.41, 5.74) is 1.87. The van der Waals surface area contributed by atoms with Crippen LogP contribution >= 0.6 is 23.2 Å². The first-order valence-corrected chi connectivity index (χ1v) is 9.19. The lowest BCUT2D eigenvalue weighted by molar-refractivity contribution is 0.0690. The van der Waals surface area contributed by atoms with E-state index in [2.05, 4.69) is 12.1 Å². The van der Waals surface area contributed by atoms with E-state index in [9.17, 15) is 4.79 Å². The molecule has 0 aliphatic carbocycles. The van der Waals surface area contributed by atoms with E-state index in [0.29, 0.717) is 21.5 Å². The van der Waals surface area contributed by atoms with Gasteiger partial charge in [-0.25, -0.2) is 0 Å². The third-order valence-corrected chi connectivity index (χ3v) is 5.13. The van der Waals surface area contributed by atoms with Crippen LogP contribution in [0.5, 0.6) is 5.75 Å². The van der Waals surface area contributed by atoms with E-state index < -0.39 is 0 Å². The minimum absolute atomic E-state index is 0.00676. The molecule has 1 saturated heterocycles. The maximum Gasteiger partial charge on any atom is 0.253 e. The number of halogens is 2. The number of hydrogen-bond acceptors (Lipinski definition) is 2. The highest BCUT2D eigenvalue weighted by Gasteiger charge is 2.24. The van der Waals surface area contributed by atoms with E-state index >= 15 is 0 Å². The van der Waals surface area contributed by atoms with Gasteiger partial charge in [0.1, 0.15) is 5.75 Å². The van der Waals surface area contributed by atoms with Crippen molar-refractivity contribution in [3.05, 3.63) is 63.6 Å². The van der Waals surface area contributed by atoms with Crippen LogP contribution in [0.2, 0.25) is 10.0 Å². The fourth-order valence-electron chi connectivity index (χ4n) is 3.30. The van der Waals surface area contributed by atoms with E-state index in [1.807, 2.05) is 17.0 Å². The SMILES string of the molecule is COc1ccc(CC2CCN(C(=O)c3cc(Cl)cc(Cl)c3)CC2)cc1. The number of piperidine rings is 1. The zero-order valence-corrected chi connectivity index (χ0v) is 15.7. The zero-order valence-electron chi connectivity index (χ0n) is 14.2. The van der Waals surface area contributed by atoms with Crippen LogP contribution in [0.3, 0.4) is 0 Å². The Bertz CT molecular complexity index is 718. The van der Waals surface area contributed by atoms with Crippen molar-refractivity contribution < 1.29 is 9.53 Å². The third kappa shape index (κ3) is 4.68. The summed E-state index contributed by atoms with van der Waals surface area (Å²) in [5, 5.41) is 0.982. The number of hydrogen-bond donors (Lipinski definition) is 0. The smallest absolute Gasteiger partial charge is 0.253 e. The second-order valence-electron chi connectivity index (χ2n) is 6.45. The Morgan fingerprint density at radius 3 is 2.24 bits per heavy atom. The predicted molar refractivity (Wildman–Crippen MR) is 102 cm³/mol. The summed E-state index contributed by atoms with van der Waals surface area (Å²) in [5.74, 6) is 1.48. The van der Waals surface area contributed by atoms with Gasteiger partial charge in [0.05, 0.1) is 7.11 Å². The number of nitrogens with zero attached hydrogens (tertiary/aromatic N) is 1. The second kappa shape index (κ2) is 8.11. The topological polar surface area (TPSA) is 29.5 Å². The Morgan fingerprint density at radius 1 is 1.08 bits per heavy atom. The molecule has 0 bridgehead atoms. The highest BCUT2D eigenvalue weighted by atomic mass is 35.5. The number of methoxy groups -OCH3 is 1. The molecule has 25 heavy (non-hydrogen) atoms. The number of carbonyl (C=O) groups is 1. The van der Waals surface area contributed by atoms with Gasteiger partial charge in [0.15, 0.2) is 0 Å². The summed E-state index contributed by atoms with van der Waals surface area (Å²) in [7, 11) is 1.68. The van der Waals surface area contributed by atoms with Crippen LogP contribution in [-0.4, -0.2) is 31.0 Å². The first kappa shape index (κ1) is 18.1. The van der Waals surface area contributed by atoms with Crippen molar-refractivity contribution in [1.82, 2.24) is 4.90 Å². The number of amides is 1. The van der Waals surface area contributed by atoms with Crippen LogP contribution < -0.4 is 4.74 Å². The quantitative estimate of drug-likeness (QED) is 0.741. The predicted octanol–water partition coefficient (Wildman–Crippen LogP) is 5.10. The van der Waals surface area contributed by atoms with Gasteiger partial charge in [-0.2, -0.15) is 0 Å². The fourth-order valence-corrected chi connectivity index (χ4v) is 3.82. The first-order valence-electron chi connectivity index (χ1n) is 8.43. The standard InChI is InChI=1S/C20H21Cl2NO2/c1-25-19-4-2-14(3-5-19)10-15-6-8-23(9-7-15)20(24)16-11-17(21)13-18(22)12-16/h2-5,11-13,15H,6-10H2,1H3. The minimum atomic E-state index is 0.00676. The highest BCUT2D eigenvalue weighted by molar-refractivity contribution is 6.35. The average molecular weight is 378 g/mol. The molecule has 132 valence electrons. The van der Waals surface area contributed by atoms with Gasteiger partial charge in [-0.05, 0) is 61.1 Å². The molecule has 0 atom stereocenters. The molecule has 0 spiro atoms. The molecular formula is C20H21Cl2NO2. The normalized spacial score (nSPS) is 15.2. The summed E-state index contributed by atoms with van der Waals surface area (Å²) in [6.45, 7) is 1.54. The summed E-state index contributed by atoms with van der Waals surface area (Å²) < 4.78 is 5.20. The van der Waals surface area contributed by atoms with Crippen LogP contribution in [0.15, 0.2) is 42.5 Å². The van der Waals surface area contributed by atoms with Gasteiger partial charge in [0.2, 0.25) is 0 Å². The molecule has 2 aromatic carbocycles. The minimum Gasteiger partial charge on any atom is -0.497 e. The lowest BCUT2D eigenvalue weighted by atomic mass is 9.90. The van der Waals surface area contributed by atoms with Gasteiger partial charge in [0.25, 0.3) is 5.91 Å². The highest BCUT2D eigenvalue weighted by Crippen LogP contribution is 2.25. The molecule has 1 heterocycles. The first-order chi connectivity index (χ1) is 12.0. The van der Waals surface area contributed by atoms with Crippen LogP contribution in [0.4, 0.5) is 0 Å². The molecule has 1 amide bonds.